The minimum atomic E-state index is -0.967. The number of benzene rings is 2. The van der Waals surface area contributed by atoms with Gasteiger partial charge in [-0.05, 0) is 44.2 Å². The molecule has 6 nitrogen and oxygen atoms in total. The second kappa shape index (κ2) is 7.00. The van der Waals surface area contributed by atoms with Crippen LogP contribution in [0, 0.1) is 13.8 Å². The summed E-state index contributed by atoms with van der Waals surface area (Å²) in [5.74, 6) is 0.144. The van der Waals surface area contributed by atoms with Crippen molar-refractivity contribution in [2.24, 2.45) is 0 Å². The second-order valence-electron chi connectivity index (χ2n) is 5.61. The third-order valence-corrected chi connectivity index (χ3v) is 3.79. The Bertz CT molecular complexity index is 911. The number of aryl methyl sites for hydroxylation is 1. The molecule has 0 aliphatic rings. The van der Waals surface area contributed by atoms with Gasteiger partial charge in [-0.2, -0.15) is 4.98 Å². The highest BCUT2D eigenvalue weighted by atomic mass is 16.4. The predicted octanol–water partition coefficient (Wildman–Crippen LogP) is 4.28. The van der Waals surface area contributed by atoms with Crippen LogP contribution in [0.2, 0.25) is 0 Å². The number of nitrogens with zero attached hydrogens (tertiary/aromatic N) is 2. The zero-order valence-electron chi connectivity index (χ0n) is 13.9. The summed E-state index contributed by atoms with van der Waals surface area (Å²) in [6.07, 6.45) is 0. The fraction of sp³-hybridized carbons (Fsp3) is 0.105. The van der Waals surface area contributed by atoms with Gasteiger partial charge in [-0.25, -0.2) is 9.78 Å². The van der Waals surface area contributed by atoms with Gasteiger partial charge in [0.15, 0.2) is 0 Å². The molecule has 3 N–H and O–H groups in total. The first-order valence-corrected chi connectivity index (χ1v) is 7.80. The van der Waals surface area contributed by atoms with Crippen LogP contribution in [-0.4, -0.2) is 21.0 Å². The first-order chi connectivity index (χ1) is 12.0. The monoisotopic (exact) mass is 334 g/mol. The largest absolute Gasteiger partial charge is 0.478 e. The highest BCUT2D eigenvalue weighted by molar-refractivity contribution is 5.89. The first kappa shape index (κ1) is 16.4. The van der Waals surface area contributed by atoms with Gasteiger partial charge in [0.25, 0.3) is 0 Å². The smallest absolute Gasteiger partial charge is 0.335 e. The Kier molecular flexibility index (Phi) is 4.61. The number of nitrogens with one attached hydrogen (secondary N) is 2. The van der Waals surface area contributed by atoms with E-state index in [2.05, 4.69) is 20.6 Å². The fourth-order valence-corrected chi connectivity index (χ4v) is 2.32. The van der Waals surface area contributed by atoms with E-state index < -0.39 is 5.97 Å². The summed E-state index contributed by atoms with van der Waals surface area (Å²) in [7, 11) is 0. The lowest BCUT2D eigenvalue weighted by Crippen LogP contribution is -2.06. The molecule has 0 aliphatic heterocycles. The maximum Gasteiger partial charge on any atom is 0.335 e. The quantitative estimate of drug-likeness (QED) is 0.645. The Morgan fingerprint density at radius 1 is 0.920 bits per heavy atom. The van der Waals surface area contributed by atoms with Crippen molar-refractivity contribution in [3.8, 4) is 0 Å². The average molecular weight is 334 g/mol. The molecular formula is C19H18N4O2. The van der Waals surface area contributed by atoms with Gasteiger partial charge in [-0.15, -0.1) is 0 Å². The number of anilines is 4. The fourth-order valence-electron chi connectivity index (χ4n) is 2.32. The van der Waals surface area contributed by atoms with Crippen LogP contribution < -0.4 is 10.6 Å². The van der Waals surface area contributed by atoms with Crippen molar-refractivity contribution in [2.45, 2.75) is 13.8 Å². The molecule has 3 rings (SSSR count). The van der Waals surface area contributed by atoms with E-state index in [0.717, 1.165) is 16.9 Å². The number of aromatic carboxylic acids is 1. The van der Waals surface area contributed by atoms with Gasteiger partial charge in [-0.1, -0.05) is 24.3 Å². The van der Waals surface area contributed by atoms with Gasteiger partial charge < -0.3 is 15.7 Å². The van der Waals surface area contributed by atoms with Crippen LogP contribution in [0.3, 0.4) is 0 Å². The normalized spacial score (nSPS) is 10.3. The molecule has 0 saturated carbocycles. The zero-order chi connectivity index (χ0) is 17.8. The Balaban J connectivity index is 1.90. The number of carboxylic acid groups (broad SMARTS) is 1. The molecule has 25 heavy (non-hydrogen) atoms. The van der Waals surface area contributed by atoms with Gasteiger partial charge in [0.2, 0.25) is 5.95 Å². The lowest BCUT2D eigenvalue weighted by Gasteiger charge is -2.13. The molecule has 3 aromatic rings. The molecule has 0 atom stereocenters. The summed E-state index contributed by atoms with van der Waals surface area (Å²) in [6.45, 7) is 3.83. The topological polar surface area (TPSA) is 87.1 Å². The van der Waals surface area contributed by atoms with E-state index in [9.17, 15) is 4.79 Å². The predicted molar refractivity (Wildman–Crippen MR) is 97.9 cm³/mol. The molecule has 1 heterocycles. The van der Waals surface area contributed by atoms with Crippen LogP contribution in [0.1, 0.15) is 21.6 Å². The molecule has 0 unspecified atom stereocenters. The summed E-state index contributed by atoms with van der Waals surface area (Å²) in [5.41, 5.74) is 3.51. The zero-order valence-corrected chi connectivity index (χ0v) is 13.9. The summed E-state index contributed by atoms with van der Waals surface area (Å²) < 4.78 is 0. The van der Waals surface area contributed by atoms with Crippen molar-refractivity contribution in [3.05, 3.63) is 71.4 Å². The van der Waals surface area contributed by atoms with Crippen LogP contribution in [0.5, 0.6) is 0 Å². The molecule has 0 amide bonds. The minimum absolute atomic E-state index is 0.219. The highest BCUT2D eigenvalue weighted by Crippen LogP contribution is 2.23. The van der Waals surface area contributed by atoms with Crippen molar-refractivity contribution < 1.29 is 9.90 Å². The number of carbonyl (C=O) groups is 1. The van der Waals surface area contributed by atoms with Crippen LogP contribution in [0.15, 0.2) is 54.6 Å². The van der Waals surface area contributed by atoms with Crippen molar-refractivity contribution in [1.82, 2.24) is 9.97 Å². The number of rotatable bonds is 5. The van der Waals surface area contributed by atoms with Crippen LogP contribution in [-0.2, 0) is 0 Å². The Hall–Kier alpha value is -3.41. The van der Waals surface area contributed by atoms with E-state index in [4.69, 9.17) is 5.11 Å². The van der Waals surface area contributed by atoms with Gasteiger partial charge >= 0.3 is 5.97 Å². The van der Waals surface area contributed by atoms with Crippen molar-refractivity contribution in [1.29, 1.82) is 0 Å². The molecule has 0 bridgehead atoms. The van der Waals surface area contributed by atoms with Gasteiger partial charge in [-0.3, -0.25) is 0 Å². The molecule has 6 heteroatoms. The number of carboxylic acids is 1. The molecule has 0 spiro atoms. The van der Waals surface area contributed by atoms with Crippen molar-refractivity contribution in [3.63, 3.8) is 0 Å². The molecule has 0 fully saturated rings. The Morgan fingerprint density at radius 2 is 1.64 bits per heavy atom. The molecule has 1 aromatic heterocycles. The number of hydrogen-bond acceptors (Lipinski definition) is 5. The SMILES string of the molecule is Cc1nc(Nc2ccccc2)nc(Nc2cccc(C(=O)O)c2)c1C. The molecule has 2 aromatic carbocycles. The van der Waals surface area contributed by atoms with E-state index >= 15 is 0 Å². The lowest BCUT2D eigenvalue weighted by molar-refractivity contribution is 0.0697. The third-order valence-electron chi connectivity index (χ3n) is 3.79. The number of para-hydroxylation sites is 1. The standard InChI is InChI=1S/C19H18N4O2/c1-12-13(2)20-19(22-15-8-4-3-5-9-15)23-17(12)21-16-10-6-7-14(11-16)18(24)25/h3-11H,1-2H3,(H,24,25)(H2,20,21,22,23). The summed E-state index contributed by atoms with van der Waals surface area (Å²) in [6, 6.07) is 16.3. The minimum Gasteiger partial charge on any atom is -0.478 e. The summed E-state index contributed by atoms with van der Waals surface area (Å²) >= 11 is 0. The van der Waals surface area contributed by atoms with Crippen molar-refractivity contribution >= 4 is 29.1 Å². The highest BCUT2D eigenvalue weighted by Gasteiger charge is 2.10. The number of aromatic nitrogens is 2. The summed E-state index contributed by atoms with van der Waals surface area (Å²) in [5, 5.41) is 15.5. The Morgan fingerprint density at radius 3 is 2.36 bits per heavy atom. The molecule has 0 saturated heterocycles. The average Bonchev–Trinajstić information content (AvgIpc) is 2.60. The van der Waals surface area contributed by atoms with Gasteiger partial charge in [0.1, 0.15) is 5.82 Å². The maximum atomic E-state index is 11.1. The van der Waals surface area contributed by atoms with E-state index in [1.807, 2.05) is 44.2 Å². The van der Waals surface area contributed by atoms with Crippen LogP contribution >= 0.6 is 0 Å². The summed E-state index contributed by atoms with van der Waals surface area (Å²) in [4.78, 5) is 20.1. The molecule has 126 valence electrons. The van der Waals surface area contributed by atoms with Crippen LogP contribution in [0.25, 0.3) is 0 Å². The van der Waals surface area contributed by atoms with Gasteiger partial charge in [0, 0.05) is 22.6 Å². The second-order valence-corrected chi connectivity index (χ2v) is 5.61. The van der Waals surface area contributed by atoms with E-state index in [-0.39, 0.29) is 5.56 Å². The lowest BCUT2D eigenvalue weighted by atomic mass is 10.2. The van der Waals surface area contributed by atoms with E-state index in [1.54, 1.807) is 24.3 Å². The van der Waals surface area contributed by atoms with E-state index in [1.165, 1.54) is 0 Å². The molecule has 0 aliphatic carbocycles. The maximum absolute atomic E-state index is 11.1. The van der Waals surface area contributed by atoms with Crippen molar-refractivity contribution in [2.75, 3.05) is 10.6 Å². The number of hydrogen-bond donors (Lipinski definition) is 3. The molecular weight excluding hydrogens is 316 g/mol. The van der Waals surface area contributed by atoms with Crippen LogP contribution in [0.4, 0.5) is 23.1 Å². The third kappa shape index (κ3) is 3.92. The Labute approximate surface area is 145 Å². The first-order valence-electron chi connectivity index (χ1n) is 7.80. The molecule has 0 radical (unpaired) electrons. The van der Waals surface area contributed by atoms with E-state index in [0.29, 0.717) is 17.5 Å². The van der Waals surface area contributed by atoms with Gasteiger partial charge in [0.05, 0.1) is 5.56 Å².